The van der Waals surface area contributed by atoms with E-state index in [1.54, 1.807) is 0 Å². The average Bonchev–Trinajstić information content (AvgIpc) is 2.78. The molecule has 0 fully saturated rings. The second-order valence-electron chi connectivity index (χ2n) is 8.46. The molecule has 0 aliphatic rings. The highest BCUT2D eigenvalue weighted by Crippen LogP contribution is 2.23. The summed E-state index contributed by atoms with van der Waals surface area (Å²) >= 11 is 0. The van der Waals surface area contributed by atoms with Crippen molar-refractivity contribution in [1.82, 2.24) is 0 Å². The second kappa shape index (κ2) is 18.1. The van der Waals surface area contributed by atoms with Gasteiger partial charge in [0, 0.05) is 12.8 Å². The molecule has 0 unspecified atom stereocenters. The van der Waals surface area contributed by atoms with Crippen LogP contribution in [-0.2, 0) is 25.7 Å². The summed E-state index contributed by atoms with van der Waals surface area (Å²) in [7, 11) is 0. The van der Waals surface area contributed by atoms with Crippen molar-refractivity contribution in [2.45, 2.75) is 110 Å². The Kier molecular flexibility index (Phi) is 15.9. The molecule has 34 heavy (non-hydrogen) atoms. The average molecular weight is 489 g/mol. The van der Waals surface area contributed by atoms with E-state index in [9.17, 15) is 22.8 Å². The number of carbonyl (C=O) groups excluding carboxylic acids is 2. The SMILES string of the molecule is CCCCCCCCOC(=O)CCCCCCCCC(=O)OCc1ccc(OC(F)(F)F)cc1. The van der Waals surface area contributed by atoms with Crippen molar-refractivity contribution in [3.63, 3.8) is 0 Å². The Bertz CT molecular complexity index is 674. The van der Waals surface area contributed by atoms with Gasteiger partial charge >= 0.3 is 18.3 Å². The molecule has 0 heterocycles. The number of halogens is 3. The van der Waals surface area contributed by atoms with Crippen molar-refractivity contribution in [3.8, 4) is 5.75 Å². The van der Waals surface area contributed by atoms with E-state index >= 15 is 0 Å². The molecule has 0 N–H and O–H groups in total. The van der Waals surface area contributed by atoms with Gasteiger partial charge in [-0.25, -0.2) is 0 Å². The standard InChI is InChI=1S/C26H39F3O5/c1-2-3-4-5-10-13-20-32-24(30)14-11-8-6-7-9-12-15-25(31)33-21-22-16-18-23(19-17-22)34-26(27,28)29/h16-19H,2-15,20-21H2,1H3. The third-order valence-corrected chi connectivity index (χ3v) is 5.33. The molecule has 1 aromatic rings. The van der Waals surface area contributed by atoms with Crippen molar-refractivity contribution < 1.29 is 37.0 Å². The first-order valence-corrected chi connectivity index (χ1v) is 12.5. The number of hydrogen-bond donors (Lipinski definition) is 0. The number of benzene rings is 1. The van der Waals surface area contributed by atoms with Gasteiger partial charge in [-0.15, -0.1) is 13.2 Å². The lowest BCUT2D eigenvalue weighted by molar-refractivity contribution is -0.274. The van der Waals surface area contributed by atoms with Crippen molar-refractivity contribution in [1.29, 1.82) is 0 Å². The molecule has 0 atom stereocenters. The van der Waals surface area contributed by atoms with Crippen LogP contribution in [0.2, 0.25) is 0 Å². The van der Waals surface area contributed by atoms with Crippen LogP contribution in [0.25, 0.3) is 0 Å². The highest BCUT2D eigenvalue weighted by atomic mass is 19.4. The van der Waals surface area contributed by atoms with Gasteiger partial charge in [0.15, 0.2) is 0 Å². The fourth-order valence-corrected chi connectivity index (χ4v) is 3.41. The molecule has 0 aromatic heterocycles. The number of esters is 2. The fourth-order valence-electron chi connectivity index (χ4n) is 3.41. The molecule has 0 radical (unpaired) electrons. The van der Waals surface area contributed by atoms with Crippen LogP contribution in [0.1, 0.15) is 102 Å². The maximum atomic E-state index is 12.1. The van der Waals surface area contributed by atoms with E-state index in [1.165, 1.54) is 49.9 Å². The van der Waals surface area contributed by atoms with E-state index in [-0.39, 0.29) is 24.3 Å². The molecular weight excluding hydrogens is 449 g/mol. The van der Waals surface area contributed by atoms with Gasteiger partial charge < -0.3 is 14.2 Å². The van der Waals surface area contributed by atoms with Crippen molar-refractivity contribution >= 4 is 11.9 Å². The van der Waals surface area contributed by atoms with Crippen LogP contribution in [0.15, 0.2) is 24.3 Å². The van der Waals surface area contributed by atoms with E-state index in [1.807, 2.05) is 0 Å². The Balaban J connectivity index is 1.94. The van der Waals surface area contributed by atoms with Crippen molar-refractivity contribution in [3.05, 3.63) is 29.8 Å². The third-order valence-electron chi connectivity index (χ3n) is 5.33. The van der Waals surface area contributed by atoms with Crippen LogP contribution in [-0.4, -0.2) is 24.9 Å². The molecular formula is C26H39F3O5. The number of unbranched alkanes of at least 4 members (excludes halogenated alkanes) is 10. The van der Waals surface area contributed by atoms with Crippen LogP contribution >= 0.6 is 0 Å². The molecule has 0 bridgehead atoms. The Hall–Kier alpha value is -2.25. The highest BCUT2D eigenvalue weighted by Gasteiger charge is 2.30. The molecule has 5 nitrogen and oxygen atoms in total. The van der Waals surface area contributed by atoms with Gasteiger partial charge in [0.2, 0.25) is 0 Å². The van der Waals surface area contributed by atoms with E-state index in [4.69, 9.17) is 9.47 Å². The van der Waals surface area contributed by atoms with Gasteiger partial charge in [0.1, 0.15) is 12.4 Å². The molecule has 0 amide bonds. The predicted octanol–water partition coefficient (Wildman–Crippen LogP) is 7.65. The molecule has 8 heteroatoms. The van der Waals surface area contributed by atoms with E-state index < -0.39 is 6.36 Å². The largest absolute Gasteiger partial charge is 0.573 e. The lowest BCUT2D eigenvalue weighted by Crippen LogP contribution is -2.17. The van der Waals surface area contributed by atoms with Crippen molar-refractivity contribution in [2.24, 2.45) is 0 Å². The molecule has 0 spiro atoms. The topological polar surface area (TPSA) is 61.8 Å². The minimum Gasteiger partial charge on any atom is -0.466 e. The van der Waals surface area contributed by atoms with Gasteiger partial charge in [-0.2, -0.15) is 0 Å². The molecule has 1 aromatic carbocycles. The summed E-state index contributed by atoms with van der Waals surface area (Å²) in [5.41, 5.74) is 0.591. The van der Waals surface area contributed by atoms with E-state index in [2.05, 4.69) is 11.7 Å². The van der Waals surface area contributed by atoms with Crippen molar-refractivity contribution in [2.75, 3.05) is 6.61 Å². The summed E-state index contributed by atoms with van der Waals surface area (Å²) in [6.45, 7) is 2.73. The summed E-state index contributed by atoms with van der Waals surface area (Å²) in [6, 6.07) is 5.23. The summed E-state index contributed by atoms with van der Waals surface area (Å²) in [6.07, 6.45) is 8.48. The molecule has 0 saturated heterocycles. The van der Waals surface area contributed by atoms with E-state index in [0.29, 0.717) is 25.0 Å². The van der Waals surface area contributed by atoms with Gasteiger partial charge in [0.25, 0.3) is 0 Å². The maximum Gasteiger partial charge on any atom is 0.573 e. The first kappa shape index (κ1) is 29.8. The van der Waals surface area contributed by atoms with Gasteiger partial charge in [-0.05, 0) is 37.0 Å². The van der Waals surface area contributed by atoms with Crippen LogP contribution in [0.3, 0.4) is 0 Å². The van der Waals surface area contributed by atoms with Crippen LogP contribution in [0.4, 0.5) is 13.2 Å². The Morgan fingerprint density at radius 1 is 0.706 bits per heavy atom. The quantitative estimate of drug-likeness (QED) is 0.148. The lowest BCUT2D eigenvalue weighted by Gasteiger charge is -2.09. The molecule has 0 aliphatic heterocycles. The van der Waals surface area contributed by atoms with E-state index in [0.717, 1.165) is 51.4 Å². The van der Waals surface area contributed by atoms with Gasteiger partial charge in [-0.3, -0.25) is 9.59 Å². The molecule has 194 valence electrons. The minimum atomic E-state index is -4.73. The van der Waals surface area contributed by atoms with Crippen LogP contribution in [0, 0.1) is 0 Å². The summed E-state index contributed by atoms with van der Waals surface area (Å²) < 4.78 is 50.6. The number of carbonyl (C=O) groups is 2. The third kappa shape index (κ3) is 17.3. The Morgan fingerprint density at radius 2 is 1.21 bits per heavy atom. The zero-order valence-corrected chi connectivity index (χ0v) is 20.3. The normalized spacial score (nSPS) is 11.3. The number of rotatable bonds is 19. The predicted molar refractivity (Wildman–Crippen MR) is 124 cm³/mol. The zero-order valence-electron chi connectivity index (χ0n) is 20.3. The summed E-state index contributed by atoms with van der Waals surface area (Å²) in [5, 5.41) is 0. The Labute approximate surface area is 201 Å². The van der Waals surface area contributed by atoms with Gasteiger partial charge in [0.05, 0.1) is 6.61 Å². The highest BCUT2D eigenvalue weighted by molar-refractivity contribution is 5.69. The maximum absolute atomic E-state index is 12.1. The molecule has 0 saturated carbocycles. The first-order chi connectivity index (χ1) is 16.3. The summed E-state index contributed by atoms with van der Waals surface area (Å²) in [4.78, 5) is 23.5. The number of alkyl halides is 3. The second-order valence-corrected chi connectivity index (χ2v) is 8.46. The van der Waals surface area contributed by atoms with Gasteiger partial charge in [-0.1, -0.05) is 76.8 Å². The lowest BCUT2D eigenvalue weighted by atomic mass is 10.1. The first-order valence-electron chi connectivity index (χ1n) is 12.5. The molecule has 0 aliphatic carbocycles. The van der Waals surface area contributed by atoms with Crippen LogP contribution in [0.5, 0.6) is 5.75 Å². The monoisotopic (exact) mass is 488 g/mol. The number of ether oxygens (including phenoxy) is 3. The zero-order chi connectivity index (χ0) is 25.1. The molecule has 1 rings (SSSR count). The smallest absolute Gasteiger partial charge is 0.466 e. The Morgan fingerprint density at radius 3 is 1.76 bits per heavy atom. The minimum absolute atomic E-state index is 0.0140. The number of hydrogen-bond acceptors (Lipinski definition) is 5. The van der Waals surface area contributed by atoms with Crippen LogP contribution < -0.4 is 4.74 Å². The fraction of sp³-hybridized carbons (Fsp3) is 0.692. The summed E-state index contributed by atoms with van der Waals surface area (Å²) in [5.74, 6) is -0.754.